The topological polar surface area (TPSA) is 170 Å². The van der Waals surface area contributed by atoms with Crippen LogP contribution in [0.2, 0.25) is 0 Å². The first-order chi connectivity index (χ1) is 17.3. The number of carbonyl (C=O) groups is 4. The molecule has 4 N–H and O–H groups in total. The smallest absolute Gasteiger partial charge is 0.357 e. The number of primary amides is 2. The third-order valence-corrected chi connectivity index (χ3v) is 4.47. The van der Waals surface area contributed by atoms with Gasteiger partial charge in [-0.2, -0.15) is 0 Å². The maximum absolute atomic E-state index is 12.4. The molecule has 0 saturated carbocycles. The number of esters is 2. The lowest BCUT2D eigenvalue weighted by Crippen LogP contribution is -2.20. The van der Waals surface area contributed by atoms with Gasteiger partial charge in [0.2, 0.25) is 0 Å². The van der Waals surface area contributed by atoms with Crippen LogP contribution in [0.3, 0.4) is 0 Å². The molecule has 1 heterocycles. The quantitative estimate of drug-likeness (QED) is 0.355. The molecule has 1 aromatic heterocycles. The summed E-state index contributed by atoms with van der Waals surface area (Å²) in [6, 6.07) is 17.5. The van der Waals surface area contributed by atoms with E-state index in [9.17, 15) is 19.2 Å². The van der Waals surface area contributed by atoms with Gasteiger partial charge in [-0.25, -0.2) is 14.6 Å². The van der Waals surface area contributed by atoms with Crippen LogP contribution in [0.25, 0.3) is 0 Å². The lowest BCUT2D eigenvalue weighted by molar-refractivity contribution is -0.120. The van der Waals surface area contributed by atoms with Crippen LogP contribution in [0.1, 0.15) is 32.1 Å². The Morgan fingerprint density at radius 3 is 1.47 bits per heavy atom. The van der Waals surface area contributed by atoms with E-state index >= 15 is 0 Å². The van der Waals surface area contributed by atoms with Crippen LogP contribution in [0.5, 0.6) is 11.5 Å². The van der Waals surface area contributed by atoms with Crippen molar-refractivity contribution in [3.05, 3.63) is 89.2 Å². The van der Waals surface area contributed by atoms with Gasteiger partial charge in [0.05, 0.1) is 0 Å². The van der Waals surface area contributed by atoms with Crippen molar-refractivity contribution in [2.24, 2.45) is 11.5 Å². The summed E-state index contributed by atoms with van der Waals surface area (Å²) in [6.07, 6.45) is 0. The van der Waals surface area contributed by atoms with Crippen LogP contribution < -0.4 is 20.9 Å². The molecule has 0 saturated heterocycles. The van der Waals surface area contributed by atoms with Gasteiger partial charge in [-0.15, -0.1) is 0 Å². The van der Waals surface area contributed by atoms with Crippen molar-refractivity contribution < 1.29 is 38.1 Å². The first-order valence-electron chi connectivity index (χ1n) is 10.6. The minimum Gasteiger partial charge on any atom is -0.484 e. The van der Waals surface area contributed by atoms with Crippen molar-refractivity contribution in [3.8, 4) is 11.5 Å². The Hall–Kier alpha value is -4.93. The Kier molecular flexibility index (Phi) is 8.93. The van der Waals surface area contributed by atoms with E-state index in [1.165, 1.54) is 18.2 Å². The minimum atomic E-state index is -0.743. The summed E-state index contributed by atoms with van der Waals surface area (Å²) in [5.41, 5.74) is 11.2. The molecule has 2 amide bonds. The number of nitrogens with zero attached hydrogens (tertiary/aromatic N) is 1. The number of aromatic nitrogens is 1. The van der Waals surface area contributed by atoms with Gasteiger partial charge in [-0.3, -0.25) is 9.59 Å². The molecule has 3 rings (SSSR count). The maximum atomic E-state index is 12.4. The fourth-order valence-corrected chi connectivity index (χ4v) is 2.87. The number of carbonyl (C=O) groups excluding carboxylic acids is 4. The van der Waals surface area contributed by atoms with Crippen molar-refractivity contribution in [1.82, 2.24) is 4.98 Å². The average Bonchev–Trinajstić information content (AvgIpc) is 2.88. The minimum absolute atomic E-state index is 0.0765. The van der Waals surface area contributed by atoms with Crippen LogP contribution in [0, 0.1) is 0 Å². The van der Waals surface area contributed by atoms with E-state index in [1.54, 1.807) is 48.5 Å². The molecule has 0 aliphatic heterocycles. The van der Waals surface area contributed by atoms with E-state index in [1.807, 2.05) is 0 Å². The number of hydrogen-bond donors (Lipinski definition) is 2. The van der Waals surface area contributed by atoms with Crippen LogP contribution in [0.15, 0.2) is 66.7 Å². The SMILES string of the molecule is NC(=O)COc1cccc(COC(=O)c2cccc(C(=O)OCc3cccc(OCC(N)=O)c3)n2)c1. The molecule has 3 aromatic rings. The van der Waals surface area contributed by atoms with Crippen LogP contribution in [-0.4, -0.2) is 42.0 Å². The monoisotopic (exact) mass is 493 g/mol. The zero-order chi connectivity index (χ0) is 25.9. The summed E-state index contributed by atoms with van der Waals surface area (Å²) in [6.45, 7) is -0.719. The Morgan fingerprint density at radius 1 is 0.639 bits per heavy atom. The molecule has 0 atom stereocenters. The third kappa shape index (κ3) is 8.13. The highest BCUT2D eigenvalue weighted by molar-refractivity contribution is 5.91. The van der Waals surface area contributed by atoms with Crippen molar-refractivity contribution in [3.63, 3.8) is 0 Å². The molecular formula is C25H23N3O8. The molecule has 0 aliphatic carbocycles. The predicted octanol–water partition coefficient (Wildman–Crippen LogP) is 1.52. The molecule has 0 spiro atoms. The van der Waals surface area contributed by atoms with Gasteiger partial charge in [0, 0.05) is 0 Å². The first kappa shape index (κ1) is 25.7. The second-order valence-corrected chi connectivity index (χ2v) is 7.37. The summed E-state index contributed by atoms with van der Waals surface area (Å²) in [5, 5.41) is 0. The highest BCUT2D eigenvalue weighted by Crippen LogP contribution is 2.16. The zero-order valence-electron chi connectivity index (χ0n) is 19.0. The zero-order valence-corrected chi connectivity index (χ0v) is 19.0. The van der Waals surface area contributed by atoms with E-state index in [0.717, 1.165) is 0 Å². The number of rotatable bonds is 12. The van der Waals surface area contributed by atoms with Gasteiger partial charge in [0.15, 0.2) is 13.2 Å². The Labute approximate surface area is 205 Å². The molecule has 186 valence electrons. The maximum Gasteiger partial charge on any atom is 0.357 e. The Balaban J connectivity index is 1.55. The van der Waals surface area contributed by atoms with Gasteiger partial charge in [0.25, 0.3) is 11.8 Å². The standard InChI is InChI=1S/C25H23N3O8/c26-22(29)14-33-18-6-1-4-16(10-18)12-35-24(31)20-8-3-9-21(28-20)25(32)36-13-17-5-2-7-19(11-17)34-15-23(27)30/h1-11H,12-15H2,(H2,26,29)(H2,27,30). The van der Waals surface area contributed by atoms with Crippen LogP contribution >= 0.6 is 0 Å². The molecule has 0 unspecified atom stereocenters. The number of benzene rings is 2. The number of amides is 2. The lowest BCUT2D eigenvalue weighted by Gasteiger charge is -2.09. The van der Waals surface area contributed by atoms with Crippen molar-refractivity contribution in [1.29, 1.82) is 0 Å². The second-order valence-electron chi connectivity index (χ2n) is 7.37. The van der Waals surface area contributed by atoms with E-state index < -0.39 is 23.8 Å². The highest BCUT2D eigenvalue weighted by Gasteiger charge is 2.15. The average molecular weight is 493 g/mol. The summed E-state index contributed by atoms with van der Waals surface area (Å²) in [5.74, 6) is -1.91. The lowest BCUT2D eigenvalue weighted by atomic mass is 10.2. The van der Waals surface area contributed by atoms with E-state index in [4.69, 9.17) is 30.4 Å². The molecule has 11 heteroatoms. The number of pyridine rings is 1. The van der Waals surface area contributed by atoms with Gasteiger partial charge < -0.3 is 30.4 Å². The Morgan fingerprint density at radius 2 is 1.06 bits per heavy atom. The molecule has 0 bridgehead atoms. The fraction of sp³-hybridized carbons (Fsp3) is 0.160. The van der Waals surface area contributed by atoms with E-state index in [2.05, 4.69) is 4.98 Å². The van der Waals surface area contributed by atoms with Gasteiger partial charge >= 0.3 is 11.9 Å². The normalized spacial score (nSPS) is 10.2. The van der Waals surface area contributed by atoms with E-state index in [-0.39, 0.29) is 37.8 Å². The fourth-order valence-electron chi connectivity index (χ4n) is 2.87. The summed E-state index contributed by atoms with van der Waals surface area (Å²) in [4.78, 5) is 50.6. The highest BCUT2D eigenvalue weighted by atomic mass is 16.5. The van der Waals surface area contributed by atoms with Crippen molar-refractivity contribution in [2.75, 3.05) is 13.2 Å². The molecule has 36 heavy (non-hydrogen) atoms. The molecule has 0 fully saturated rings. The number of hydrogen-bond acceptors (Lipinski definition) is 9. The first-order valence-corrected chi connectivity index (χ1v) is 10.6. The summed E-state index contributed by atoms with van der Waals surface area (Å²) >= 11 is 0. The van der Waals surface area contributed by atoms with Gasteiger partial charge in [-0.05, 0) is 47.5 Å². The van der Waals surface area contributed by atoms with Gasteiger partial charge in [0.1, 0.15) is 36.1 Å². The third-order valence-electron chi connectivity index (χ3n) is 4.47. The number of ether oxygens (including phenoxy) is 4. The second kappa shape index (κ2) is 12.5. The molecule has 11 nitrogen and oxygen atoms in total. The summed E-state index contributed by atoms with van der Waals surface area (Å²) < 4.78 is 21.0. The number of nitrogens with two attached hydrogens (primary N) is 2. The molecule has 2 aromatic carbocycles. The van der Waals surface area contributed by atoms with Gasteiger partial charge in [-0.1, -0.05) is 30.3 Å². The van der Waals surface area contributed by atoms with Crippen LogP contribution in [-0.2, 0) is 32.3 Å². The predicted molar refractivity (Wildman–Crippen MR) is 125 cm³/mol. The molecule has 0 aliphatic rings. The molecular weight excluding hydrogens is 470 g/mol. The van der Waals surface area contributed by atoms with Crippen molar-refractivity contribution >= 4 is 23.8 Å². The molecule has 0 radical (unpaired) electrons. The van der Waals surface area contributed by atoms with Crippen LogP contribution in [0.4, 0.5) is 0 Å². The van der Waals surface area contributed by atoms with E-state index in [0.29, 0.717) is 22.6 Å². The Bertz CT molecular complexity index is 1170. The van der Waals surface area contributed by atoms with Crippen molar-refractivity contribution in [2.45, 2.75) is 13.2 Å². The summed E-state index contributed by atoms with van der Waals surface area (Å²) in [7, 11) is 0. The largest absolute Gasteiger partial charge is 0.484 e.